The molecule has 7 rings (SSSR count). The number of benzene rings is 4. The van der Waals surface area contributed by atoms with E-state index in [1.165, 1.54) is 36.4 Å². The topological polar surface area (TPSA) is 97.6 Å². The number of aryl methyl sites for hydroxylation is 1. The van der Waals surface area contributed by atoms with Gasteiger partial charge in [0.15, 0.2) is 17.3 Å². The van der Waals surface area contributed by atoms with Gasteiger partial charge in [0.25, 0.3) is 5.69 Å². The van der Waals surface area contributed by atoms with Crippen LogP contribution in [0.2, 0.25) is 0 Å². The molecule has 4 aromatic carbocycles. The first-order chi connectivity index (χ1) is 20.2. The van der Waals surface area contributed by atoms with E-state index < -0.39 is 45.7 Å². The van der Waals surface area contributed by atoms with Gasteiger partial charge in [-0.3, -0.25) is 24.5 Å². The molecule has 0 radical (unpaired) electrons. The van der Waals surface area contributed by atoms with Crippen LogP contribution >= 0.6 is 0 Å². The van der Waals surface area contributed by atoms with Gasteiger partial charge in [-0.25, -0.2) is 4.39 Å². The molecule has 0 saturated carbocycles. The highest BCUT2D eigenvalue weighted by molar-refractivity contribution is 6.32. The fraction of sp³-hybridized carbons (Fsp3) is 0.147. The summed E-state index contributed by atoms with van der Waals surface area (Å²) in [5, 5.41) is 11.5. The number of carbonyl (C=O) groups is 3. The van der Waals surface area contributed by atoms with Crippen molar-refractivity contribution in [2.45, 2.75) is 24.9 Å². The van der Waals surface area contributed by atoms with Gasteiger partial charge >= 0.3 is 0 Å². The van der Waals surface area contributed by atoms with Crippen molar-refractivity contribution in [3.05, 3.63) is 146 Å². The first kappa shape index (κ1) is 25.7. The number of fused-ring (bicyclic) bond motifs is 5. The lowest BCUT2D eigenvalue weighted by molar-refractivity contribution is -0.384. The molecule has 1 aliphatic carbocycles. The maximum absolute atomic E-state index is 14.6. The summed E-state index contributed by atoms with van der Waals surface area (Å²) in [6, 6.07) is 21.7. The Morgan fingerprint density at radius 1 is 0.905 bits per heavy atom. The Morgan fingerprint density at radius 2 is 1.55 bits per heavy atom. The van der Waals surface area contributed by atoms with E-state index in [-0.39, 0.29) is 22.6 Å². The number of Topliss-reactive ketones (excluding diaryl/α,β-unsaturated/α-hetero) is 3. The second-order valence-corrected chi connectivity index (χ2v) is 11.0. The van der Waals surface area contributed by atoms with Gasteiger partial charge in [0.2, 0.25) is 0 Å². The largest absolute Gasteiger partial charge is 0.352 e. The lowest BCUT2D eigenvalue weighted by atomic mass is 9.64. The zero-order valence-electron chi connectivity index (χ0n) is 22.4. The van der Waals surface area contributed by atoms with Gasteiger partial charge in [0, 0.05) is 46.0 Å². The number of hydrogen-bond acceptors (Lipinski definition) is 6. The van der Waals surface area contributed by atoms with E-state index in [4.69, 9.17) is 0 Å². The lowest BCUT2D eigenvalue weighted by Gasteiger charge is -2.37. The summed E-state index contributed by atoms with van der Waals surface area (Å²) in [7, 11) is 0. The number of nitro groups is 1. The SMILES string of the molecule is Cc1ccc(C(=O)[C@@H]2[C@@H](c3ccc([N+](=O)[O-])cc3)C3(C(=O)c4ccccc4C3=O)[C@@H]3C=Cc4cc(F)ccc4N23)cc1. The van der Waals surface area contributed by atoms with Crippen molar-refractivity contribution in [2.75, 3.05) is 4.90 Å². The van der Waals surface area contributed by atoms with E-state index in [9.17, 15) is 28.9 Å². The van der Waals surface area contributed by atoms with Crippen molar-refractivity contribution in [1.29, 1.82) is 0 Å². The smallest absolute Gasteiger partial charge is 0.269 e. The average molecular weight is 559 g/mol. The summed E-state index contributed by atoms with van der Waals surface area (Å²) in [6.07, 6.45) is 3.40. The first-order valence-corrected chi connectivity index (χ1v) is 13.5. The minimum atomic E-state index is -1.74. The van der Waals surface area contributed by atoms with Gasteiger partial charge in [0.1, 0.15) is 17.3 Å². The molecule has 7 nitrogen and oxygen atoms in total. The van der Waals surface area contributed by atoms with Crippen molar-refractivity contribution in [2.24, 2.45) is 5.41 Å². The van der Waals surface area contributed by atoms with E-state index in [0.717, 1.165) is 5.56 Å². The Kier molecular flexibility index (Phi) is 5.59. The standard InChI is InChI=1S/C34H23FN2O5/c1-19-6-8-21(9-7-19)31(38)30-29(20-10-14-24(15-11-20)37(41)42)34(32(39)25-4-2-3-5-26(25)33(34)40)28-17-12-22-18-23(35)13-16-27(22)36(28)30/h2-18,28-30H,1H3/t28-,29+,30-/m0/s1. The van der Waals surface area contributed by atoms with Crippen molar-refractivity contribution >= 4 is 34.8 Å². The number of hydrogen-bond donors (Lipinski definition) is 0. The Hall–Kier alpha value is -5.24. The molecule has 3 aliphatic rings. The molecule has 206 valence electrons. The Morgan fingerprint density at radius 3 is 2.17 bits per heavy atom. The number of rotatable bonds is 4. The zero-order valence-corrected chi connectivity index (χ0v) is 22.4. The lowest BCUT2D eigenvalue weighted by Crippen LogP contribution is -2.48. The molecule has 42 heavy (non-hydrogen) atoms. The molecule has 0 N–H and O–H groups in total. The number of ketones is 3. The number of halogens is 1. The summed E-state index contributed by atoms with van der Waals surface area (Å²) < 4.78 is 14.4. The molecule has 0 bridgehead atoms. The van der Waals surface area contributed by atoms with E-state index >= 15 is 0 Å². The monoisotopic (exact) mass is 558 g/mol. The second kappa shape index (κ2) is 9.14. The van der Waals surface area contributed by atoms with Gasteiger partial charge in [-0.05, 0) is 30.7 Å². The van der Waals surface area contributed by atoms with Gasteiger partial charge in [-0.2, -0.15) is 0 Å². The van der Waals surface area contributed by atoms with Crippen LogP contribution in [0.4, 0.5) is 15.8 Å². The maximum atomic E-state index is 14.6. The summed E-state index contributed by atoms with van der Waals surface area (Å²) in [4.78, 5) is 56.5. The summed E-state index contributed by atoms with van der Waals surface area (Å²) in [6.45, 7) is 1.90. The van der Waals surface area contributed by atoms with Crippen LogP contribution < -0.4 is 4.90 Å². The zero-order chi connectivity index (χ0) is 29.3. The number of nitrogens with zero attached hydrogens (tertiary/aromatic N) is 2. The van der Waals surface area contributed by atoms with Crippen LogP contribution in [-0.2, 0) is 0 Å². The van der Waals surface area contributed by atoms with Crippen molar-refractivity contribution in [1.82, 2.24) is 0 Å². The number of nitro benzene ring substituents is 1. The van der Waals surface area contributed by atoms with Gasteiger partial charge in [-0.15, -0.1) is 0 Å². The fourth-order valence-corrected chi connectivity index (χ4v) is 7.01. The number of non-ortho nitro benzene ring substituents is 1. The molecule has 1 fully saturated rings. The van der Waals surface area contributed by atoms with Crippen LogP contribution in [0.5, 0.6) is 0 Å². The predicted octanol–water partition coefficient (Wildman–Crippen LogP) is 6.36. The van der Waals surface area contributed by atoms with Crippen molar-refractivity contribution < 1.29 is 23.7 Å². The maximum Gasteiger partial charge on any atom is 0.269 e. The highest BCUT2D eigenvalue weighted by Gasteiger charge is 2.71. The molecule has 8 heteroatoms. The highest BCUT2D eigenvalue weighted by atomic mass is 19.1. The van der Waals surface area contributed by atoms with E-state index in [1.54, 1.807) is 59.5 Å². The van der Waals surface area contributed by atoms with Crippen LogP contribution in [0, 0.1) is 28.3 Å². The summed E-state index contributed by atoms with van der Waals surface area (Å²) in [5.41, 5.74) is 1.49. The molecule has 0 amide bonds. The second-order valence-electron chi connectivity index (χ2n) is 11.0. The van der Waals surface area contributed by atoms with Crippen LogP contribution in [0.3, 0.4) is 0 Å². The van der Waals surface area contributed by atoms with Crippen LogP contribution in [0.15, 0.2) is 97.1 Å². The predicted molar refractivity (Wildman–Crippen MR) is 154 cm³/mol. The van der Waals surface area contributed by atoms with Crippen LogP contribution in [-0.4, -0.2) is 34.4 Å². The number of anilines is 1. The quantitative estimate of drug-likeness (QED) is 0.125. The molecule has 2 aliphatic heterocycles. The van der Waals surface area contributed by atoms with Crippen LogP contribution in [0.1, 0.15) is 53.7 Å². The fourth-order valence-electron chi connectivity index (χ4n) is 7.01. The summed E-state index contributed by atoms with van der Waals surface area (Å²) >= 11 is 0. The normalized spacial score (nSPS) is 21.3. The Labute approximate surface area is 240 Å². The molecular weight excluding hydrogens is 535 g/mol. The molecule has 3 atom stereocenters. The van der Waals surface area contributed by atoms with Gasteiger partial charge in [0.05, 0.1) is 11.0 Å². The Balaban J connectivity index is 1.54. The molecule has 1 spiro atoms. The molecular formula is C34H23FN2O5. The third-order valence-electron chi connectivity index (χ3n) is 8.83. The molecule has 0 aromatic heterocycles. The van der Waals surface area contributed by atoms with E-state index in [1.807, 2.05) is 19.1 Å². The van der Waals surface area contributed by atoms with Crippen molar-refractivity contribution in [3.8, 4) is 0 Å². The van der Waals surface area contributed by atoms with Crippen LogP contribution in [0.25, 0.3) is 6.08 Å². The molecule has 0 unspecified atom stereocenters. The minimum Gasteiger partial charge on any atom is -0.352 e. The molecule has 2 heterocycles. The minimum absolute atomic E-state index is 0.155. The molecule has 4 aromatic rings. The Bertz CT molecular complexity index is 1830. The first-order valence-electron chi connectivity index (χ1n) is 13.5. The van der Waals surface area contributed by atoms with E-state index in [2.05, 4.69) is 0 Å². The van der Waals surface area contributed by atoms with Gasteiger partial charge < -0.3 is 4.90 Å². The van der Waals surface area contributed by atoms with E-state index in [0.29, 0.717) is 22.4 Å². The van der Waals surface area contributed by atoms with Crippen molar-refractivity contribution in [3.63, 3.8) is 0 Å². The average Bonchev–Trinajstić information content (AvgIpc) is 3.43. The third-order valence-corrected chi connectivity index (χ3v) is 8.83. The highest BCUT2D eigenvalue weighted by Crippen LogP contribution is 2.61. The summed E-state index contributed by atoms with van der Waals surface area (Å²) in [5.74, 6) is -2.60. The van der Waals surface area contributed by atoms with Gasteiger partial charge in [-0.1, -0.05) is 78.4 Å². The third kappa shape index (κ3) is 3.41. The molecule has 1 saturated heterocycles. The number of carbonyl (C=O) groups excluding carboxylic acids is 3.